The molecule has 2 atom stereocenters. The molecule has 6 heteroatoms. The molecule has 4 rings (SSSR count). The number of nitrogens with zero attached hydrogens (tertiary/aromatic N) is 2. The molecule has 0 radical (unpaired) electrons. The SMILES string of the molecule is COc1cc(C)c(Cc2ccc(-n3cccn3)cc2)cc1C(=O)N[C@H]1CCC[C@@H]1O. The van der Waals surface area contributed by atoms with E-state index in [0.717, 1.165) is 41.6 Å². The van der Waals surface area contributed by atoms with E-state index >= 15 is 0 Å². The van der Waals surface area contributed by atoms with E-state index in [1.165, 1.54) is 0 Å². The van der Waals surface area contributed by atoms with Crippen LogP contribution in [0, 0.1) is 6.92 Å². The van der Waals surface area contributed by atoms with Crippen LogP contribution in [0.2, 0.25) is 0 Å². The fraction of sp³-hybridized carbons (Fsp3) is 0.333. The Bertz CT molecular complexity index is 1010. The number of hydrogen-bond acceptors (Lipinski definition) is 4. The van der Waals surface area contributed by atoms with Crippen LogP contribution in [-0.2, 0) is 6.42 Å². The highest BCUT2D eigenvalue weighted by Gasteiger charge is 2.28. The van der Waals surface area contributed by atoms with Crippen molar-refractivity contribution in [3.63, 3.8) is 0 Å². The van der Waals surface area contributed by atoms with Crippen LogP contribution < -0.4 is 10.1 Å². The molecule has 1 aliphatic carbocycles. The largest absolute Gasteiger partial charge is 0.496 e. The van der Waals surface area contributed by atoms with Crippen LogP contribution in [0.4, 0.5) is 0 Å². The number of hydrogen-bond donors (Lipinski definition) is 2. The number of nitrogens with one attached hydrogen (secondary N) is 1. The van der Waals surface area contributed by atoms with Gasteiger partial charge in [0.2, 0.25) is 0 Å². The van der Waals surface area contributed by atoms with E-state index in [2.05, 4.69) is 22.5 Å². The lowest BCUT2D eigenvalue weighted by atomic mass is 9.97. The second-order valence-corrected chi connectivity index (χ2v) is 7.85. The lowest BCUT2D eigenvalue weighted by Crippen LogP contribution is -2.40. The molecule has 0 bridgehead atoms. The Labute approximate surface area is 176 Å². The average molecular weight is 405 g/mol. The van der Waals surface area contributed by atoms with Crippen molar-refractivity contribution in [2.75, 3.05) is 7.11 Å². The average Bonchev–Trinajstić information content (AvgIpc) is 3.42. The first kappa shape index (κ1) is 20.2. The summed E-state index contributed by atoms with van der Waals surface area (Å²) in [6, 6.07) is 13.8. The number of carbonyl (C=O) groups is 1. The number of rotatable bonds is 6. The predicted molar refractivity (Wildman–Crippen MR) is 115 cm³/mol. The van der Waals surface area contributed by atoms with Crippen molar-refractivity contribution in [1.29, 1.82) is 0 Å². The summed E-state index contributed by atoms with van der Waals surface area (Å²) in [5.41, 5.74) is 4.80. The maximum absolute atomic E-state index is 12.9. The van der Waals surface area contributed by atoms with Gasteiger partial charge in [-0.15, -0.1) is 0 Å². The first-order valence-electron chi connectivity index (χ1n) is 10.3. The topological polar surface area (TPSA) is 76.4 Å². The Hall–Kier alpha value is -3.12. The first-order valence-corrected chi connectivity index (χ1v) is 10.3. The molecule has 30 heavy (non-hydrogen) atoms. The number of methoxy groups -OCH3 is 1. The molecule has 1 aliphatic rings. The maximum atomic E-state index is 12.9. The number of amides is 1. The van der Waals surface area contributed by atoms with Crippen molar-refractivity contribution in [3.05, 3.63) is 77.1 Å². The van der Waals surface area contributed by atoms with Crippen LogP contribution in [-0.4, -0.2) is 40.0 Å². The molecule has 0 saturated heterocycles. The molecule has 156 valence electrons. The molecule has 1 saturated carbocycles. The van der Waals surface area contributed by atoms with Crippen LogP contribution in [0.15, 0.2) is 54.9 Å². The van der Waals surface area contributed by atoms with E-state index in [4.69, 9.17) is 4.74 Å². The van der Waals surface area contributed by atoms with Gasteiger partial charge in [-0.3, -0.25) is 4.79 Å². The van der Waals surface area contributed by atoms with Gasteiger partial charge >= 0.3 is 0 Å². The Morgan fingerprint density at radius 3 is 2.70 bits per heavy atom. The van der Waals surface area contributed by atoms with Crippen LogP contribution in [0.1, 0.15) is 46.3 Å². The fourth-order valence-corrected chi connectivity index (χ4v) is 4.03. The van der Waals surface area contributed by atoms with E-state index < -0.39 is 6.10 Å². The van der Waals surface area contributed by atoms with Crippen LogP contribution in [0.25, 0.3) is 5.69 Å². The molecule has 1 heterocycles. The molecule has 0 aliphatic heterocycles. The van der Waals surface area contributed by atoms with E-state index in [9.17, 15) is 9.90 Å². The number of benzene rings is 2. The summed E-state index contributed by atoms with van der Waals surface area (Å²) >= 11 is 0. The molecular formula is C24H27N3O3. The summed E-state index contributed by atoms with van der Waals surface area (Å²) in [5, 5.41) is 17.3. The van der Waals surface area contributed by atoms with Crippen molar-refractivity contribution in [2.45, 2.75) is 44.8 Å². The Balaban J connectivity index is 1.56. The summed E-state index contributed by atoms with van der Waals surface area (Å²) in [6.07, 6.45) is 6.36. The third-order valence-corrected chi connectivity index (χ3v) is 5.80. The van der Waals surface area contributed by atoms with Gasteiger partial charge in [0.25, 0.3) is 5.91 Å². The third-order valence-electron chi connectivity index (χ3n) is 5.80. The van der Waals surface area contributed by atoms with Gasteiger partial charge in [0.15, 0.2) is 0 Å². The van der Waals surface area contributed by atoms with E-state index in [-0.39, 0.29) is 11.9 Å². The summed E-state index contributed by atoms with van der Waals surface area (Å²) < 4.78 is 7.29. The summed E-state index contributed by atoms with van der Waals surface area (Å²) in [7, 11) is 1.57. The number of aryl methyl sites for hydroxylation is 1. The molecule has 3 aromatic rings. The smallest absolute Gasteiger partial charge is 0.255 e. The van der Waals surface area contributed by atoms with Gasteiger partial charge in [0, 0.05) is 12.4 Å². The third kappa shape index (κ3) is 4.24. The molecule has 0 spiro atoms. The minimum absolute atomic E-state index is 0.193. The van der Waals surface area contributed by atoms with Crippen molar-refractivity contribution in [1.82, 2.24) is 15.1 Å². The molecule has 6 nitrogen and oxygen atoms in total. The van der Waals surface area contributed by atoms with E-state index in [0.29, 0.717) is 17.7 Å². The highest BCUT2D eigenvalue weighted by molar-refractivity contribution is 5.97. The van der Waals surface area contributed by atoms with Crippen LogP contribution >= 0.6 is 0 Å². The molecule has 1 amide bonds. The van der Waals surface area contributed by atoms with Crippen molar-refractivity contribution >= 4 is 5.91 Å². The molecule has 1 fully saturated rings. The van der Waals surface area contributed by atoms with Gasteiger partial charge in [-0.1, -0.05) is 12.1 Å². The molecule has 0 unspecified atom stereocenters. The van der Waals surface area contributed by atoms with Gasteiger partial charge in [-0.25, -0.2) is 4.68 Å². The Morgan fingerprint density at radius 2 is 2.07 bits per heavy atom. The van der Waals surface area contributed by atoms with Gasteiger partial charge in [0.1, 0.15) is 5.75 Å². The van der Waals surface area contributed by atoms with Crippen molar-refractivity contribution in [3.8, 4) is 11.4 Å². The molecule has 2 N–H and O–H groups in total. The number of aliphatic hydroxyl groups excluding tert-OH is 1. The molecule has 1 aromatic heterocycles. The second-order valence-electron chi connectivity index (χ2n) is 7.85. The molecule has 2 aromatic carbocycles. The Morgan fingerprint density at radius 1 is 1.27 bits per heavy atom. The zero-order chi connectivity index (χ0) is 21.1. The van der Waals surface area contributed by atoms with Crippen LogP contribution in [0.3, 0.4) is 0 Å². The van der Waals surface area contributed by atoms with E-state index in [1.54, 1.807) is 13.3 Å². The van der Waals surface area contributed by atoms with Crippen molar-refractivity contribution < 1.29 is 14.6 Å². The van der Waals surface area contributed by atoms with Crippen molar-refractivity contribution in [2.24, 2.45) is 0 Å². The second kappa shape index (κ2) is 8.71. The maximum Gasteiger partial charge on any atom is 0.255 e. The zero-order valence-electron chi connectivity index (χ0n) is 17.3. The number of aliphatic hydroxyl groups is 1. The quantitative estimate of drug-likeness (QED) is 0.659. The minimum atomic E-state index is -0.474. The normalized spacial score (nSPS) is 18.4. The minimum Gasteiger partial charge on any atom is -0.496 e. The number of aromatic nitrogens is 2. The number of ether oxygens (including phenoxy) is 1. The number of carbonyl (C=O) groups excluding carboxylic acids is 1. The first-order chi connectivity index (χ1) is 14.5. The summed E-state index contributed by atoms with van der Waals surface area (Å²) in [4.78, 5) is 12.9. The summed E-state index contributed by atoms with van der Waals surface area (Å²) in [5.74, 6) is 0.350. The standard InChI is InChI=1S/C24H27N3O3/c1-16-13-23(30-2)20(24(29)26-21-5-3-6-22(21)28)15-18(16)14-17-7-9-19(10-8-17)27-12-4-11-25-27/h4,7-13,15,21-22,28H,3,5-6,14H2,1-2H3,(H,26,29)/t21-,22-/m0/s1. The van der Waals surface area contributed by atoms with Gasteiger partial charge in [-0.2, -0.15) is 5.10 Å². The predicted octanol–water partition coefficient (Wildman–Crippen LogP) is 3.42. The highest BCUT2D eigenvalue weighted by Crippen LogP contribution is 2.27. The lowest BCUT2D eigenvalue weighted by Gasteiger charge is -2.19. The zero-order valence-corrected chi connectivity index (χ0v) is 17.3. The highest BCUT2D eigenvalue weighted by atomic mass is 16.5. The van der Waals surface area contributed by atoms with Gasteiger partial charge in [0.05, 0.1) is 30.5 Å². The van der Waals surface area contributed by atoms with Crippen LogP contribution in [0.5, 0.6) is 5.75 Å². The van der Waals surface area contributed by atoms with E-state index in [1.807, 2.05) is 48.1 Å². The monoisotopic (exact) mass is 405 g/mol. The fourth-order valence-electron chi connectivity index (χ4n) is 4.03. The van der Waals surface area contributed by atoms with Gasteiger partial charge < -0.3 is 15.2 Å². The van der Waals surface area contributed by atoms with Gasteiger partial charge in [-0.05, 0) is 79.6 Å². The Kier molecular flexibility index (Phi) is 5.86. The summed E-state index contributed by atoms with van der Waals surface area (Å²) in [6.45, 7) is 2.03. The lowest BCUT2D eigenvalue weighted by molar-refractivity contribution is 0.0870. The molecular weight excluding hydrogens is 378 g/mol.